The minimum absolute atomic E-state index is 0.135. The van der Waals surface area contributed by atoms with E-state index in [1.807, 2.05) is 50.2 Å². The van der Waals surface area contributed by atoms with Gasteiger partial charge in [0.2, 0.25) is 0 Å². The van der Waals surface area contributed by atoms with Crippen LogP contribution in [0.1, 0.15) is 35.3 Å². The van der Waals surface area contributed by atoms with Crippen LogP contribution in [-0.4, -0.2) is 31.2 Å². The summed E-state index contributed by atoms with van der Waals surface area (Å²) >= 11 is 6.95. The highest BCUT2D eigenvalue weighted by atomic mass is 79.9. The lowest BCUT2D eigenvalue weighted by atomic mass is 10.0. The lowest BCUT2D eigenvalue weighted by molar-refractivity contribution is -0.123. The summed E-state index contributed by atoms with van der Waals surface area (Å²) in [5.74, 6) is 0.214. The van der Waals surface area contributed by atoms with E-state index >= 15 is 0 Å². The van der Waals surface area contributed by atoms with Crippen LogP contribution in [0, 0.1) is 5.92 Å². The fraction of sp³-hybridized carbons (Fsp3) is 0.222. The third kappa shape index (κ3) is 7.66. The Balaban J connectivity index is 1.65. The molecule has 3 aromatic carbocycles. The average molecular weight is 617 g/mol. The van der Waals surface area contributed by atoms with E-state index in [2.05, 4.69) is 47.7 Å². The lowest BCUT2D eigenvalue weighted by Crippen LogP contribution is -2.48. The van der Waals surface area contributed by atoms with Crippen LogP contribution >= 0.6 is 31.9 Å². The van der Waals surface area contributed by atoms with Gasteiger partial charge in [-0.1, -0.05) is 60.1 Å². The normalized spacial score (nSPS) is 11.8. The topological polar surface area (TPSA) is 89.0 Å². The van der Waals surface area contributed by atoms with Crippen molar-refractivity contribution in [2.24, 2.45) is 11.0 Å². The minimum atomic E-state index is -0.745. The van der Waals surface area contributed by atoms with Crippen molar-refractivity contribution in [3.8, 4) is 11.5 Å². The monoisotopic (exact) mass is 615 g/mol. The second-order valence-corrected chi connectivity index (χ2v) is 10.0. The number of hydrazone groups is 1. The SMILES string of the molecule is COc1cc(C=NNC(=O)C(NC(=O)c2ccccc2)C(C)C)cc(Br)c1OCc1ccc(Br)cc1. The summed E-state index contributed by atoms with van der Waals surface area (Å²) in [6.07, 6.45) is 1.50. The number of nitrogens with zero attached hydrogens (tertiary/aromatic N) is 1. The number of ether oxygens (including phenoxy) is 2. The Morgan fingerprint density at radius 1 is 1.03 bits per heavy atom. The molecule has 1 unspecified atom stereocenters. The van der Waals surface area contributed by atoms with Crippen LogP contribution in [0.15, 0.2) is 80.8 Å². The smallest absolute Gasteiger partial charge is 0.262 e. The molecule has 3 rings (SSSR count). The molecular weight excluding hydrogens is 590 g/mol. The van der Waals surface area contributed by atoms with Crippen LogP contribution in [0.3, 0.4) is 0 Å². The molecule has 36 heavy (non-hydrogen) atoms. The summed E-state index contributed by atoms with van der Waals surface area (Å²) in [4.78, 5) is 25.2. The standard InChI is InChI=1S/C27H27Br2N3O4/c1-17(2)24(31-26(33)20-7-5-4-6-8-20)27(34)32-30-15-19-13-22(29)25(23(14-19)35-3)36-16-18-9-11-21(28)12-10-18/h4-15,17,24H,16H2,1-3H3,(H,31,33)(H,32,34). The molecule has 9 heteroatoms. The van der Waals surface area contributed by atoms with Gasteiger partial charge in [-0.2, -0.15) is 5.10 Å². The highest BCUT2D eigenvalue weighted by Crippen LogP contribution is 2.37. The van der Waals surface area contributed by atoms with E-state index in [1.165, 1.54) is 6.21 Å². The average Bonchev–Trinajstić information content (AvgIpc) is 2.87. The molecule has 0 aliphatic heterocycles. The molecule has 0 spiro atoms. The summed E-state index contributed by atoms with van der Waals surface area (Å²) in [6.45, 7) is 4.08. The molecule has 0 bridgehead atoms. The molecule has 7 nitrogen and oxygen atoms in total. The van der Waals surface area contributed by atoms with Crippen molar-refractivity contribution in [2.45, 2.75) is 26.5 Å². The molecule has 0 radical (unpaired) electrons. The number of rotatable bonds is 10. The number of methoxy groups -OCH3 is 1. The molecule has 0 aliphatic carbocycles. The Labute approximate surface area is 227 Å². The molecule has 0 heterocycles. The zero-order valence-corrected chi connectivity index (χ0v) is 23.3. The van der Waals surface area contributed by atoms with E-state index in [9.17, 15) is 9.59 Å². The van der Waals surface area contributed by atoms with Crippen LogP contribution in [-0.2, 0) is 11.4 Å². The molecule has 2 amide bonds. The number of carbonyl (C=O) groups excluding carboxylic acids is 2. The van der Waals surface area contributed by atoms with Crippen LogP contribution in [0.4, 0.5) is 0 Å². The van der Waals surface area contributed by atoms with E-state index in [-0.39, 0.29) is 11.8 Å². The van der Waals surface area contributed by atoms with Crippen molar-refractivity contribution in [3.63, 3.8) is 0 Å². The van der Waals surface area contributed by atoms with E-state index in [0.29, 0.717) is 33.7 Å². The predicted octanol–water partition coefficient (Wildman–Crippen LogP) is 5.70. The van der Waals surface area contributed by atoms with E-state index < -0.39 is 11.9 Å². The third-order valence-corrected chi connectivity index (χ3v) is 6.33. The van der Waals surface area contributed by atoms with Gasteiger partial charge < -0.3 is 14.8 Å². The Bertz CT molecular complexity index is 1220. The first kappa shape index (κ1) is 27.4. The number of halogens is 2. The first-order chi connectivity index (χ1) is 17.3. The maximum absolute atomic E-state index is 12.7. The molecule has 0 saturated carbocycles. The van der Waals surface area contributed by atoms with Crippen LogP contribution in [0.2, 0.25) is 0 Å². The largest absolute Gasteiger partial charge is 0.493 e. The second kappa shape index (κ2) is 13.2. The van der Waals surface area contributed by atoms with Crippen molar-refractivity contribution < 1.29 is 19.1 Å². The van der Waals surface area contributed by atoms with Gasteiger partial charge in [0.15, 0.2) is 11.5 Å². The molecule has 0 saturated heterocycles. The lowest BCUT2D eigenvalue weighted by Gasteiger charge is -2.20. The van der Waals surface area contributed by atoms with E-state index in [4.69, 9.17) is 9.47 Å². The maximum atomic E-state index is 12.7. The Hall–Kier alpha value is -3.17. The number of benzene rings is 3. The first-order valence-corrected chi connectivity index (χ1v) is 12.8. The van der Waals surface area contributed by atoms with Gasteiger partial charge in [-0.05, 0) is 69.4 Å². The highest BCUT2D eigenvalue weighted by molar-refractivity contribution is 9.10. The van der Waals surface area contributed by atoms with Crippen molar-refractivity contribution >= 4 is 49.9 Å². The minimum Gasteiger partial charge on any atom is -0.493 e. The van der Waals surface area contributed by atoms with Crippen LogP contribution in [0.5, 0.6) is 11.5 Å². The quantitative estimate of drug-likeness (QED) is 0.226. The molecular formula is C27H27Br2N3O4. The highest BCUT2D eigenvalue weighted by Gasteiger charge is 2.24. The number of carbonyl (C=O) groups is 2. The van der Waals surface area contributed by atoms with Crippen molar-refractivity contribution in [1.29, 1.82) is 0 Å². The summed E-state index contributed by atoms with van der Waals surface area (Å²) in [6, 6.07) is 19.4. The van der Waals surface area contributed by atoms with Crippen LogP contribution in [0.25, 0.3) is 0 Å². The van der Waals surface area contributed by atoms with Gasteiger partial charge in [0.25, 0.3) is 11.8 Å². The summed E-state index contributed by atoms with van der Waals surface area (Å²) in [5.41, 5.74) is 4.70. The van der Waals surface area contributed by atoms with Gasteiger partial charge in [0, 0.05) is 10.0 Å². The molecule has 2 N–H and O–H groups in total. The Kier molecular flexibility index (Phi) is 10.1. The van der Waals surface area contributed by atoms with Crippen LogP contribution < -0.4 is 20.2 Å². The van der Waals surface area contributed by atoms with Crippen molar-refractivity contribution in [3.05, 3.63) is 92.4 Å². The van der Waals surface area contributed by atoms with Gasteiger partial charge in [-0.3, -0.25) is 9.59 Å². The van der Waals surface area contributed by atoms with Gasteiger partial charge in [-0.25, -0.2) is 5.43 Å². The predicted molar refractivity (Wildman–Crippen MR) is 147 cm³/mol. The van der Waals surface area contributed by atoms with Gasteiger partial charge in [0.05, 0.1) is 17.8 Å². The maximum Gasteiger partial charge on any atom is 0.262 e. The molecule has 0 aliphatic rings. The summed E-state index contributed by atoms with van der Waals surface area (Å²) in [7, 11) is 1.56. The number of hydrogen-bond donors (Lipinski definition) is 2. The number of amides is 2. The number of nitrogens with one attached hydrogen (secondary N) is 2. The van der Waals surface area contributed by atoms with E-state index in [1.54, 1.807) is 37.4 Å². The molecule has 1 atom stereocenters. The molecule has 3 aromatic rings. The van der Waals surface area contributed by atoms with E-state index in [0.717, 1.165) is 10.0 Å². The van der Waals surface area contributed by atoms with Crippen molar-refractivity contribution in [2.75, 3.05) is 7.11 Å². The zero-order chi connectivity index (χ0) is 26.1. The fourth-order valence-electron chi connectivity index (χ4n) is 3.28. The zero-order valence-electron chi connectivity index (χ0n) is 20.1. The number of hydrogen-bond acceptors (Lipinski definition) is 5. The van der Waals surface area contributed by atoms with Crippen molar-refractivity contribution in [1.82, 2.24) is 10.7 Å². The fourth-order valence-corrected chi connectivity index (χ4v) is 4.12. The Morgan fingerprint density at radius 2 is 1.72 bits per heavy atom. The summed E-state index contributed by atoms with van der Waals surface area (Å²) < 4.78 is 13.2. The second-order valence-electron chi connectivity index (χ2n) is 8.24. The van der Waals surface area contributed by atoms with Gasteiger partial charge >= 0.3 is 0 Å². The van der Waals surface area contributed by atoms with Gasteiger partial charge in [0.1, 0.15) is 12.6 Å². The molecule has 0 fully saturated rings. The molecule has 188 valence electrons. The molecule has 0 aromatic heterocycles. The third-order valence-electron chi connectivity index (χ3n) is 5.21. The summed E-state index contributed by atoms with van der Waals surface area (Å²) in [5, 5.41) is 6.85. The first-order valence-electron chi connectivity index (χ1n) is 11.2. The van der Waals surface area contributed by atoms with Gasteiger partial charge in [-0.15, -0.1) is 0 Å². The Morgan fingerprint density at radius 3 is 2.36 bits per heavy atom.